The number of carbonyl (C=O) groups excluding carboxylic acids is 1. The molecule has 0 atom stereocenters. The number of allylic oxidation sites excluding steroid dienone is 1. The molecule has 0 radical (unpaired) electrons. The summed E-state index contributed by atoms with van der Waals surface area (Å²) < 4.78 is 1.07. The van der Waals surface area contributed by atoms with Gasteiger partial charge < -0.3 is 10.4 Å². The maximum absolute atomic E-state index is 12.3. The fraction of sp³-hybridized carbons (Fsp3) is 0.0952. The van der Waals surface area contributed by atoms with E-state index in [1.807, 2.05) is 49.4 Å². The SMILES string of the molecule is Cc1ccccc1NC(=O)Cn1c(O)c(C=C2C=Nc3ccccc32)sc1=O. The molecule has 4 rings (SSSR count). The molecule has 1 amide bonds. The molecule has 0 aliphatic carbocycles. The Morgan fingerprint density at radius 2 is 1.96 bits per heavy atom. The van der Waals surface area contributed by atoms with Crippen LogP contribution in [0.3, 0.4) is 0 Å². The molecule has 3 aromatic rings. The number of rotatable bonds is 4. The summed E-state index contributed by atoms with van der Waals surface area (Å²) in [6, 6.07) is 15.0. The zero-order chi connectivity index (χ0) is 19.7. The number of benzene rings is 2. The number of nitrogens with one attached hydrogen (secondary N) is 1. The molecule has 1 aromatic heterocycles. The molecule has 0 saturated heterocycles. The summed E-state index contributed by atoms with van der Waals surface area (Å²) in [5.74, 6) is -0.600. The van der Waals surface area contributed by atoms with Crippen molar-refractivity contribution in [1.29, 1.82) is 0 Å². The molecule has 2 N–H and O–H groups in total. The van der Waals surface area contributed by atoms with Gasteiger partial charge >= 0.3 is 4.87 Å². The van der Waals surface area contributed by atoms with E-state index >= 15 is 0 Å². The standard InChI is InChI=1S/C21H17N3O3S/c1-13-6-2-4-8-16(13)23-19(25)12-24-20(26)18(28-21(24)27)10-14-11-22-17-9-5-3-7-15(14)17/h2-11,26H,12H2,1H3,(H,23,25). The maximum Gasteiger partial charge on any atom is 0.311 e. The third kappa shape index (κ3) is 3.39. The number of carbonyl (C=O) groups is 1. The Labute approximate surface area is 165 Å². The van der Waals surface area contributed by atoms with Crippen molar-refractivity contribution in [1.82, 2.24) is 4.57 Å². The molecule has 0 spiro atoms. The van der Waals surface area contributed by atoms with Crippen LogP contribution in [0.1, 0.15) is 16.0 Å². The van der Waals surface area contributed by atoms with Gasteiger partial charge in [-0.3, -0.25) is 19.1 Å². The quantitative estimate of drug-likeness (QED) is 0.709. The highest BCUT2D eigenvalue weighted by molar-refractivity contribution is 7.10. The van der Waals surface area contributed by atoms with Gasteiger partial charge in [-0.1, -0.05) is 47.7 Å². The second kappa shape index (κ2) is 7.28. The number of hydrogen-bond donors (Lipinski definition) is 2. The lowest BCUT2D eigenvalue weighted by Crippen LogP contribution is -2.24. The summed E-state index contributed by atoms with van der Waals surface area (Å²) in [7, 11) is 0. The first-order valence-electron chi connectivity index (χ1n) is 8.66. The van der Waals surface area contributed by atoms with E-state index < -0.39 is 4.87 Å². The average molecular weight is 391 g/mol. The number of aryl methyl sites for hydroxylation is 1. The zero-order valence-corrected chi connectivity index (χ0v) is 15.9. The number of nitrogens with zero attached hydrogens (tertiary/aromatic N) is 2. The van der Waals surface area contributed by atoms with Gasteiger partial charge in [0, 0.05) is 23.0 Å². The van der Waals surface area contributed by atoms with Crippen molar-refractivity contribution in [2.45, 2.75) is 13.5 Å². The molecule has 0 fully saturated rings. The van der Waals surface area contributed by atoms with E-state index in [-0.39, 0.29) is 18.3 Å². The van der Waals surface area contributed by atoms with Gasteiger partial charge in [0.15, 0.2) is 0 Å². The van der Waals surface area contributed by atoms with Gasteiger partial charge in [-0.25, -0.2) is 0 Å². The predicted octanol–water partition coefficient (Wildman–Crippen LogP) is 3.82. The molecule has 0 unspecified atom stereocenters. The minimum atomic E-state index is -0.396. The molecule has 7 heteroatoms. The number of aromatic hydroxyl groups is 1. The van der Waals surface area contributed by atoms with E-state index in [0.717, 1.165) is 38.3 Å². The van der Waals surface area contributed by atoms with Crippen molar-refractivity contribution >= 4 is 46.5 Å². The summed E-state index contributed by atoms with van der Waals surface area (Å²) >= 11 is 0.893. The first kappa shape index (κ1) is 17.9. The minimum absolute atomic E-state index is 0.222. The number of fused-ring (bicyclic) bond motifs is 1. The van der Waals surface area contributed by atoms with Gasteiger partial charge in [0.05, 0.1) is 10.6 Å². The molecule has 2 aromatic carbocycles. The molecule has 6 nitrogen and oxygen atoms in total. The number of aromatic nitrogens is 1. The molecular weight excluding hydrogens is 374 g/mol. The lowest BCUT2D eigenvalue weighted by atomic mass is 10.1. The van der Waals surface area contributed by atoms with E-state index in [1.54, 1.807) is 18.4 Å². The number of para-hydroxylation sites is 2. The van der Waals surface area contributed by atoms with Crippen LogP contribution in [0.5, 0.6) is 5.88 Å². The number of anilines is 1. The molecule has 0 saturated carbocycles. The molecule has 28 heavy (non-hydrogen) atoms. The van der Waals surface area contributed by atoms with Crippen molar-refractivity contribution in [2.24, 2.45) is 4.99 Å². The van der Waals surface area contributed by atoms with Gasteiger partial charge in [-0.15, -0.1) is 0 Å². The van der Waals surface area contributed by atoms with Crippen molar-refractivity contribution in [3.63, 3.8) is 0 Å². The molecule has 2 heterocycles. The Morgan fingerprint density at radius 3 is 2.79 bits per heavy atom. The van der Waals surface area contributed by atoms with Gasteiger partial charge in [-0.2, -0.15) is 0 Å². The van der Waals surface area contributed by atoms with Crippen molar-refractivity contribution < 1.29 is 9.90 Å². The zero-order valence-electron chi connectivity index (χ0n) is 15.0. The minimum Gasteiger partial charge on any atom is -0.493 e. The van der Waals surface area contributed by atoms with E-state index in [9.17, 15) is 14.7 Å². The Balaban J connectivity index is 1.58. The number of aliphatic imine (C=N–C) groups is 1. The van der Waals surface area contributed by atoms with Crippen LogP contribution in [-0.4, -0.2) is 21.8 Å². The Morgan fingerprint density at radius 1 is 1.21 bits per heavy atom. The number of thiazole rings is 1. The third-order valence-corrected chi connectivity index (χ3v) is 5.37. The van der Waals surface area contributed by atoms with Crippen LogP contribution < -0.4 is 10.2 Å². The summed E-state index contributed by atoms with van der Waals surface area (Å²) in [4.78, 5) is 29.0. The van der Waals surface area contributed by atoms with Crippen LogP contribution >= 0.6 is 11.3 Å². The van der Waals surface area contributed by atoms with Crippen molar-refractivity contribution in [2.75, 3.05) is 5.32 Å². The van der Waals surface area contributed by atoms with Gasteiger partial charge in [-0.05, 0) is 30.7 Å². The first-order chi connectivity index (χ1) is 13.5. The monoisotopic (exact) mass is 391 g/mol. The van der Waals surface area contributed by atoms with E-state index in [2.05, 4.69) is 10.3 Å². The normalized spacial score (nSPS) is 13.7. The maximum atomic E-state index is 12.3. The smallest absolute Gasteiger partial charge is 0.311 e. The Hall–Kier alpha value is -3.45. The Kier molecular flexibility index (Phi) is 4.67. The highest BCUT2D eigenvalue weighted by Gasteiger charge is 2.18. The average Bonchev–Trinajstić information content (AvgIpc) is 3.20. The lowest BCUT2D eigenvalue weighted by molar-refractivity contribution is -0.116. The lowest BCUT2D eigenvalue weighted by Gasteiger charge is -2.08. The highest BCUT2D eigenvalue weighted by atomic mass is 32.1. The summed E-state index contributed by atoms with van der Waals surface area (Å²) in [5.41, 5.74) is 4.19. The fourth-order valence-corrected chi connectivity index (χ4v) is 3.83. The van der Waals surface area contributed by atoms with Crippen LogP contribution in [0.15, 0.2) is 58.3 Å². The summed E-state index contributed by atoms with van der Waals surface area (Å²) in [5, 5.41) is 13.3. The predicted molar refractivity (Wildman–Crippen MR) is 113 cm³/mol. The number of hydrogen-bond acceptors (Lipinski definition) is 5. The van der Waals surface area contributed by atoms with Gasteiger partial charge in [0.25, 0.3) is 0 Å². The largest absolute Gasteiger partial charge is 0.493 e. The second-order valence-electron chi connectivity index (χ2n) is 6.38. The van der Waals surface area contributed by atoms with Gasteiger partial charge in [0.1, 0.15) is 6.54 Å². The van der Waals surface area contributed by atoms with Crippen LogP contribution in [0, 0.1) is 6.92 Å². The van der Waals surface area contributed by atoms with Crippen LogP contribution in [-0.2, 0) is 11.3 Å². The molecular formula is C21H17N3O3S. The van der Waals surface area contributed by atoms with E-state index in [1.165, 1.54) is 0 Å². The van der Waals surface area contributed by atoms with Crippen LogP contribution in [0.4, 0.5) is 11.4 Å². The van der Waals surface area contributed by atoms with Crippen molar-refractivity contribution in [3.05, 3.63) is 74.2 Å². The van der Waals surface area contributed by atoms with Crippen LogP contribution in [0.25, 0.3) is 11.6 Å². The third-order valence-electron chi connectivity index (χ3n) is 4.46. The topological polar surface area (TPSA) is 83.7 Å². The van der Waals surface area contributed by atoms with Crippen LogP contribution in [0.2, 0.25) is 0 Å². The fourth-order valence-electron chi connectivity index (χ4n) is 2.99. The van der Waals surface area contributed by atoms with Crippen molar-refractivity contribution in [3.8, 4) is 5.88 Å². The van der Waals surface area contributed by atoms with Gasteiger partial charge in [0.2, 0.25) is 11.8 Å². The molecule has 0 bridgehead atoms. The molecule has 1 aliphatic heterocycles. The Bertz CT molecular complexity index is 1190. The highest BCUT2D eigenvalue weighted by Crippen LogP contribution is 2.34. The molecule has 140 valence electrons. The summed E-state index contributed by atoms with van der Waals surface area (Å²) in [6.45, 7) is 1.62. The first-order valence-corrected chi connectivity index (χ1v) is 9.48. The number of amides is 1. The van der Waals surface area contributed by atoms with E-state index in [4.69, 9.17) is 0 Å². The summed E-state index contributed by atoms with van der Waals surface area (Å²) in [6.07, 6.45) is 3.41. The molecule has 1 aliphatic rings. The van der Waals surface area contributed by atoms with E-state index in [0.29, 0.717) is 10.6 Å². The second-order valence-corrected chi connectivity index (χ2v) is 7.37.